The van der Waals surface area contributed by atoms with Gasteiger partial charge in [0.2, 0.25) is 0 Å². The van der Waals surface area contributed by atoms with Gasteiger partial charge in [0, 0.05) is 12.6 Å². The molecule has 0 fully saturated rings. The monoisotopic (exact) mass is 280 g/mol. The second kappa shape index (κ2) is 7.65. The molecule has 1 rings (SSSR count). The molecule has 0 bridgehead atoms. The maximum absolute atomic E-state index is 13.9. The zero-order valence-corrected chi connectivity index (χ0v) is 11.9. The number of carbonyl (C=O) groups excluding carboxylic acids is 1. The fraction of sp³-hybridized carbons (Fsp3) is 0.400. The van der Waals surface area contributed by atoms with Crippen LogP contribution in [0.15, 0.2) is 30.9 Å². The Kier molecular flexibility index (Phi) is 6.18. The number of nitrogens with one attached hydrogen (secondary N) is 1. The number of hydrogen-bond donors (Lipinski definition) is 2. The first-order chi connectivity index (χ1) is 9.45. The number of carbonyl (C=O) groups is 1. The molecule has 0 radical (unpaired) electrons. The summed E-state index contributed by atoms with van der Waals surface area (Å²) in [6, 6.07) is 4.52. The maximum atomic E-state index is 13.9. The normalized spacial score (nSPS) is 13.4. The van der Waals surface area contributed by atoms with Gasteiger partial charge in [0.1, 0.15) is 0 Å². The highest BCUT2D eigenvalue weighted by molar-refractivity contribution is 5.80. The Labute approximate surface area is 118 Å². The zero-order valence-electron chi connectivity index (χ0n) is 11.9. The summed E-state index contributed by atoms with van der Waals surface area (Å²) in [5.74, 6) is -0.725. The van der Waals surface area contributed by atoms with E-state index in [9.17, 15) is 9.18 Å². The Morgan fingerprint density at radius 2 is 2.25 bits per heavy atom. The van der Waals surface area contributed by atoms with Crippen LogP contribution >= 0.6 is 0 Å². The SMILES string of the molecule is C=CCNC(=O)C(C)Oc1c(F)cccc1CC(C)N. The largest absolute Gasteiger partial charge is 0.478 e. The van der Waals surface area contributed by atoms with E-state index in [4.69, 9.17) is 10.5 Å². The number of hydrogen-bond acceptors (Lipinski definition) is 3. The van der Waals surface area contributed by atoms with Crippen molar-refractivity contribution in [2.24, 2.45) is 5.73 Å². The molecular weight excluding hydrogens is 259 g/mol. The van der Waals surface area contributed by atoms with Gasteiger partial charge in [-0.25, -0.2) is 4.39 Å². The average molecular weight is 280 g/mol. The van der Waals surface area contributed by atoms with Crippen molar-refractivity contribution in [1.29, 1.82) is 0 Å². The van der Waals surface area contributed by atoms with Crippen molar-refractivity contribution in [2.75, 3.05) is 6.54 Å². The molecule has 110 valence electrons. The number of rotatable bonds is 7. The molecule has 2 unspecified atom stereocenters. The molecule has 2 atom stereocenters. The van der Waals surface area contributed by atoms with Gasteiger partial charge in [-0.05, 0) is 31.9 Å². The summed E-state index contributed by atoms with van der Waals surface area (Å²) in [6.45, 7) is 7.25. The molecule has 0 heterocycles. The molecule has 0 aliphatic rings. The molecule has 4 nitrogen and oxygen atoms in total. The molecule has 0 spiro atoms. The van der Waals surface area contributed by atoms with Crippen LogP contribution in [0.25, 0.3) is 0 Å². The molecule has 0 saturated heterocycles. The van der Waals surface area contributed by atoms with Crippen molar-refractivity contribution in [1.82, 2.24) is 5.32 Å². The predicted octanol–water partition coefficient (Wildman–Crippen LogP) is 1.78. The van der Waals surface area contributed by atoms with E-state index >= 15 is 0 Å². The summed E-state index contributed by atoms with van der Waals surface area (Å²) >= 11 is 0. The van der Waals surface area contributed by atoms with E-state index in [1.54, 1.807) is 25.1 Å². The van der Waals surface area contributed by atoms with Gasteiger partial charge in [-0.15, -0.1) is 6.58 Å². The Bertz CT molecular complexity index is 475. The van der Waals surface area contributed by atoms with E-state index in [-0.39, 0.29) is 17.7 Å². The van der Waals surface area contributed by atoms with Crippen molar-refractivity contribution in [2.45, 2.75) is 32.4 Å². The Hall–Kier alpha value is -1.88. The average Bonchev–Trinajstić information content (AvgIpc) is 2.39. The Morgan fingerprint density at radius 1 is 1.55 bits per heavy atom. The van der Waals surface area contributed by atoms with Crippen LogP contribution in [0.1, 0.15) is 19.4 Å². The van der Waals surface area contributed by atoms with Crippen molar-refractivity contribution in [3.8, 4) is 5.75 Å². The van der Waals surface area contributed by atoms with Gasteiger partial charge in [0.05, 0.1) is 0 Å². The smallest absolute Gasteiger partial charge is 0.261 e. The first-order valence-electron chi connectivity index (χ1n) is 6.54. The van der Waals surface area contributed by atoms with Crippen molar-refractivity contribution >= 4 is 5.91 Å². The number of amides is 1. The maximum Gasteiger partial charge on any atom is 0.261 e. The molecular formula is C15H21FN2O2. The van der Waals surface area contributed by atoms with E-state index in [0.29, 0.717) is 18.5 Å². The zero-order chi connectivity index (χ0) is 15.1. The standard InChI is InChI=1S/C15H21FN2O2/c1-4-8-18-15(19)11(3)20-14-12(9-10(2)17)6-5-7-13(14)16/h4-7,10-11H,1,8-9,17H2,2-3H3,(H,18,19). The van der Waals surface area contributed by atoms with Crippen molar-refractivity contribution in [3.63, 3.8) is 0 Å². The second-order valence-corrected chi connectivity index (χ2v) is 4.70. The quantitative estimate of drug-likeness (QED) is 0.748. The lowest BCUT2D eigenvalue weighted by Crippen LogP contribution is -2.36. The summed E-state index contributed by atoms with van der Waals surface area (Å²) < 4.78 is 19.3. The minimum Gasteiger partial charge on any atom is -0.478 e. The van der Waals surface area contributed by atoms with E-state index in [0.717, 1.165) is 0 Å². The first-order valence-corrected chi connectivity index (χ1v) is 6.54. The van der Waals surface area contributed by atoms with E-state index in [1.165, 1.54) is 6.07 Å². The lowest BCUT2D eigenvalue weighted by molar-refractivity contribution is -0.127. The van der Waals surface area contributed by atoms with Crippen LogP contribution in [0.4, 0.5) is 4.39 Å². The predicted molar refractivity (Wildman–Crippen MR) is 77.1 cm³/mol. The van der Waals surface area contributed by atoms with Gasteiger partial charge < -0.3 is 15.8 Å². The Balaban J connectivity index is 2.84. The molecule has 0 aliphatic heterocycles. The van der Waals surface area contributed by atoms with E-state index < -0.39 is 11.9 Å². The highest BCUT2D eigenvalue weighted by Gasteiger charge is 2.18. The lowest BCUT2D eigenvalue weighted by Gasteiger charge is -2.18. The highest BCUT2D eigenvalue weighted by Crippen LogP contribution is 2.25. The summed E-state index contributed by atoms with van der Waals surface area (Å²) in [6.07, 6.45) is 1.25. The van der Waals surface area contributed by atoms with Crippen molar-refractivity contribution in [3.05, 3.63) is 42.2 Å². The minimum atomic E-state index is -0.793. The van der Waals surface area contributed by atoms with Crippen LogP contribution < -0.4 is 15.8 Å². The van der Waals surface area contributed by atoms with Crippen LogP contribution in [0.5, 0.6) is 5.75 Å². The highest BCUT2D eigenvalue weighted by atomic mass is 19.1. The fourth-order valence-corrected chi connectivity index (χ4v) is 1.74. The summed E-state index contributed by atoms with van der Waals surface area (Å²) in [5, 5.41) is 2.60. The van der Waals surface area contributed by atoms with Crippen LogP contribution in [0.2, 0.25) is 0 Å². The third-order valence-corrected chi connectivity index (χ3v) is 2.67. The molecule has 0 aromatic heterocycles. The lowest BCUT2D eigenvalue weighted by atomic mass is 10.1. The van der Waals surface area contributed by atoms with E-state index in [2.05, 4.69) is 11.9 Å². The first kappa shape index (κ1) is 16.2. The van der Waals surface area contributed by atoms with Crippen molar-refractivity contribution < 1.29 is 13.9 Å². The molecule has 5 heteroatoms. The number of ether oxygens (including phenoxy) is 1. The van der Waals surface area contributed by atoms with Gasteiger partial charge in [0.15, 0.2) is 17.7 Å². The molecule has 0 aliphatic carbocycles. The van der Waals surface area contributed by atoms with Crippen LogP contribution in [0.3, 0.4) is 0 Å². The summed E-state index contributed by atoms with van der Waals surface area (Å²) in [4.78, 5) is 11.7. The summed E-state index contributed by atoms with van der Waals surface area (Å²) in [7, 11) is 0. The number of halogens is 1. The number of para-hydroxylation sites is 1. The molecule has 1 amide bonds. The molecule has 1 aromatic rings. The van der Waals surface area contributed by atoms with E-state index in [1.807, 2.05) is 6.92 Å². The number of benzene rings is 1. The van der Waals surface area contributed by atoms with Gasteiger partial charge in [-0.2, -0.15) is 0 Å². The van der Waals surface area contributed by atoms with Crippen LogP contribution in [-0.4, -0.2) is 24.6 Å². The van der Waals surface area contributed by atoms with Crippen LogP contribution in [0, 0.1) is 5.82 Å². The number of nitrogens with two attached hydrogens (primary N) is 1. The van der Waals surface area contributed by atoms with Gasteiger partial charge in [-0.3, -0.25) is 4.79 Å². The molecule has 3 N–H and O–H groups in total. The molecule has 0 saturated carbocycles. The fourth-order valence-electron chi connectivity index (χ4n) is 1.74. The topological polar surface area (TPSA) is 64.3 Å². The van der Waals surface area contributed by atoms with Gasteiger partial charge in [-0.1, -0.05) is 18.2 Å². The van der Waals surface area contributed by atoms with Gasteiger partial charge >= 0.3 is 0 Å². The summed E-state index contributed by atoms with van der Waals surface area (Å²) in [5.41, 5.74) is 6.39. The Morgan fingerprint density at radius 3 is 2.85 bits per heavy atom. The molecule has 1 aromatic carbocycles. The second-order valence-electron chi connectivity index (χ2n) is 4.70. The third-order valence-electron chi connectivity index (χ3n) is 2.67. The van der Waals surface area contributed by atoms with Crippen LogP contribution in [-0.2, 0) is 11.2 Å². The molecule has 20 heavy (non-hydrogen) atoms. The third kappa shape index (κ3) is 4.66. The minimum absolute atomic E-state index is 0.0889. The van der Waals surface area contributed by atoms with Gasteiger partial charge in [0.25, 0.3) is 5.91 Å².